The van der Waals surface area contributed by atoms with Crippen molar-refractivity contribution in [3.63, 3.8) is 0 Å². The van der Waals surface area contributed by atoms with Crippen LogP contribution in [0.15, 0.2) is 41.0 Å². The highest BCUT2D eigenvalue weighted by Crippen LogP contribution is 2.35. The van der Waals surface area contributed by atoms with Gasteiger partial charge < -0.3 is 10.2 Å². The molecule has 2 N–H and O–H groups in total. The highest BCUT2D eigenvalue weighted by molar-refractivity contribution is 6.30. The van der Waals surface area contributed by atoms with Crippen molar-refractivity contribution in [1.29, 1.82) is 0 Å². The van der Waals surface area contributed by atoms with E-state index in [0.717, 1.165) is 23.9 Å². The van der Waals surface area contributed by atoms with Gasteiger partial charge in [-0.2, -0.15) is 0 Å². The van der Waals surface area contributed by atoms with Crippen molar-refractivity contribution in [3.05, 3.63) is 58.5 Å². The molecule has 0 bridgehead atoms. The summed E-state index contributed by atoms with van der Waals surface area (Å²) in [5.74, 6) is 0.965. The number of nitrogens with two attached hydrogens (primary N) is 1. The molecule has 4 heteroatoms. The van der Waals surface area contributed by atoms with Crippen LogP contribution in [0.25, 0.3) is 0 Å². The van der Waals surface area contributed by atoms with Crippen molar-refractivity contribution < 1.29 is 4.42 Å². The summed E-state index contributed by atoms with van der Waals surface area (Å²) in [6.45, 7) is 2.27. The molecule has 1 aromatic heterocycles. The lowest BCUT2D eigenvalue weighted by Gasteiger charge is -2.22. The number of hydrogen-bond donors (Lipinski definition) is 1. The van der Waals surface area contributed by atoms with Gasteiger partial charge in [0.15, 0.2) is 0 Å². The van der Waals surface area contributed by atoms with Gasteiger partial charge in [0, 0.05) is 24.2 Å². The first kappa shape index (κ1) is 11.8. The molecule has 1 atom stereocenters. The molecule has 0 radical (unpaired) electrons. The largest absolute Gasteiger partial charge is 0.468 e. The molecular formula is C14H15ClN2O. The Morgan fingerprint density at radius 3 is 3.00 bits per heavy atom. The maximum Gasteiger partial charge on any atom is 0.117 e. The van der Waals surface area contributed by atoms with Crippen molar-refractivity contribution in [2.45, 2.75) is 19.1 Å². The zero-order chi connectivity index (χ0) is 12.5. The number of rotatable bonds is 3. The zero-order valence-electron chi connectivity index (χ0n) is 9.97. The van der Waals surface area contributed by atoms with E-state index in [1.54, 1.807) is 6.26 Å². The van der Waals surface area contributed by atoms with Crippen LogP contribution in [-0.2, 0) is 13.1 Å². The van der Waals surface area contributed by atoms with E-state index in [1.165, 1.54) is 11.1 Å². The third-order valence-corrected chi connectivity index (χ3v) is 3.68. The minimum atomic E-state index is 0.226. The first-order chi connectivity index (χ1) is 8.78. The molecule has 1 aliphatic rings. The van der Waals surface area contributed by atoms with Crippen LogP contribution in [0.2, 0.25) is 5.02 Å². The Labute approximate surface area is 111 Å². The lowest BCUT2D eigenvalue weighted by atomic mass is 10.1. The van der Waals surface area contributed by atoms with Crippen LogP contribution in [0.5, 0.6) is 0 Å². The number of fused-ring (bicyclic) bond motifs is 1. The molecule has 1 aromatic carbocycles. The van der Waals surface area contributed by atoms with Gasteiger partial charge >= 0.3 is 0 Å². The summed E-state index contributed by atoms with van der Waals surface area (Å²) in [7, 11) is 0. The van der Waals surface area contributed by atoms with Crippen LogP contribution in [0.4, 0.5) is 0 Å². The van der Waals surface area contributed by atoms with E-state index < -0.39 is 0 Å². The Bertz CT molecular complexity index is 539. The van der Waals surface area contributed by atoms with E-state index in [2.05, 4.69) is 11.0 Å². The van der Waals surface area contributed by atoms with Gasteiger partial charge in [-0.15, -0.1) is 0 Å². The van der Waals surface area contributed by atoms with Crippen molar-refractivity contribution in [1.82, 2.24) is 4.90 Å². The van der Waals surface area contributed by atoms with E-state index in [0.29, 0.717) is 6.54 Å². The second kappa shape index (κ2) is 4.76. The highest BCUT2D eigenvalue weighted by Gasteiger charge is 2.29. The Kier molecular flexibility index (Phi) is 3.12. The lowest BCUT2D eigenvalue weighted by Crippen LogP contribution is -2.27. The van der Waals surface area contributed by atoms with Gasteiger partial charge in [0.05, 0.1) is 12.8 Å². The maximum atomic E-state index is 6.06. The van der Waals surface area contributed by atoms with Crippen molar-refractivity contribution in [2.24, 2.45) is 5.73 Å². The lowest BCUT2D eigenvalue weighted by molar-refractivity contribution is 0.194. The molecule has 0 saturated heterocycles. The molecule has 0 spiro atoms. The van der Waals surface area contributed by atoms with E-state index in [1.807, 2.05) is 24.3 Å². The Morgan fingerprint density at radius 1 is 1.39 bits per heavy atom. The monoisotopic (exact) mass is 262 g/mol. The fraction of sp³-hybridized carbons (Fsp3) is 0.286. The number of furan rings is 1. The van der Waals surface area contributed by atoms with Gasteiger partial charge in [0.2, 0.25) is 0 Å². The van der Waals surface area contributed by atoms with Crippen molar-refractivity contribution in [2.75, 3.05) is 6.54 Å². The molecule has 0 saturated carbocycles. The van der Waals surface area contributed by atoms with Crippen LogP contribution >= 0.6 is 11.6 Å². The van der Waals surface area contributed by atoms with Crippen molar-refractivity contribution in [3.8, 4) is 0 Å². The molecule has 3 nitrogen and oxygen atoms in total. The van der Waals surface area contributed by atoms with E-state index in [9.17, 15) is 0 Å². The average Bonchev–Trinajstić information content (AvgIpc) is 2.96. The first-order valence-electron chi connectivity index (χ1n) is 6.03. The third kappa shape index (κ3) is 2.05. The topological polar surface area (TPSA) is 42.4 Å². The molecule has 1 unspecified atom stereocenters. The minimum absolute atomic E-state index is 0.226. The summed E-state index contributed by atoms with van der Waals surface area (Å²) >= 11 is 6.06. The summed E-state index contributed by atoms with van der Waals surface area (Å²) in [5, 5.41) is 0.770. The second-order valence-corrected chi connectivity index (χ2v) is 5.02. The van der Waals surface area contributed by atoms with Gasteiger partial charge in [-0.3, -0.25) is 4.90 Å². The molecule has 2 heterocycles. The second-order valence-electron chi connectivity index (χ2n) is 4.58. The molecule has 1 aliphatic heterocycles. The molecule has 0 fully saturated rings. The molecule has 0 amide bonds. The van der Waals surface area contributed by atoms with Gasteiger partial charge in [-0.1, -0.05) is 17.7 Å². The number of nitrogens with zero attached hydrogens (tertiary/aromatic N) is 1. The molecule has 94 valence electrons. The fourth-order valence-electron chi connectivity index (χ4n) is 2.59. The highest BCUT2D eigenvalue weighted by atomic mass is 35.5. The van der Waals surface area contributed by atoms with Crippen LogP contribution in [0.1, 0.15) is 22.9 Å². The smallest absolute Gasteiger partial charge is 0.117 e. The first-order valence-corrected chi connectivity index (χ1v) is 6.40. The summed E-state index contributed by atoms with van der Waals surface area (Å²) < 4.78 is 5.40. The van der Waals surface area contributed by atoms with E-state index in [4.69, 9.17) is 21.8 Å². The van der Waals surface area contributed by atoms with Crippen LogP contribution in [-0.4, -0.2) is 11.4 Å². The third-order valence-electron chi connectivity index (χ3n) is 3.44. The number of benzene rings is 1. The normalized spacial score (nSPS) is 19.1. The Balaban J connectivity index is 1.87. The summed E-state index contributed by atoms with van der Waals surface area (Å²) in [6.07, 6.45) is 1.70. The van der Waals surface area contributed by atoms with Crippen molar-refractivity contribution >= 4 is 11.6 Å². The fourth-order valence-corrected chi connectivity index (χ4v) is 2.77. The summed E-state index contributed by atoms with van der Waals surface area (Å²) in [6, 6.07) is 10.2. The Morgan fingerprint density at radius 2 is 2.28 bits per heavy atom. The molecule has 0 aliphatic carbocycles. The number of hydrogen-bond acceptors (Lipinski definition) is 3. The minimum Gasteiger partial charge on any atom is -0.468 e. The predicted octanol–water partition coefficient (Wildman–Crippen LogP) is 2.95. The maximum absolute atomic E-state index is 6.06. The van der Waals surface area contributed by atoms with E-state index >= 15 is 0 Å². The quantitative estimate of drug-likeness (QED) is 0.925. The average molecular weight is 263 g/mol. The molecular weight excluding hydrogens is 248 g/mol. The molecule has 2 aromatic rings. The van der Waals surface area contributed by atoms with Gasteiger partial charge in [0.25, 0.3) is 0 Å². The van der Waals surface area contributed by atoms with Gasteiger partial charge in [-0.25, -0.2) is 0 Å². The van der Waals surface area contributed by atoms with Crippen LogP contribution < -0.4 is 5.73 Å². The van der Waals surface area contributed by atoms with E-state index in [-0.39, 0.29) is 6.04 Å². The summed E-state index contributed by atoms with van der Waals surface area (Å²) in [4.78, 5) is 2.32. The SMILES string of the molecule is NCC1c2cc(Cl)ccc2CN1Cc1ccco1. The van der Waals surface area contributed by atoms with Gasteiger partial charge in [-0.05, 0) is 35.4 Å². The molecule has 18 heavy (non-hydrogen) atoms. The van der Waals surface area contributed by atoms with Crippen LogP contribution in [0.3, 0.4) is 0 Å². The number of halogens is 1. The van der Waals surface area contributed by atoms with Crippen LogP contribution in [0, 0.1) is 0 Å². The molecule has 3 rings (SSSR count). The zero-order valence-corrected chi connectivity index (χ0v) is 10.7. The standard InChI is InChI=1S/C14H15ClN2O/c15-11-4-3-10-8-17(9-12-2-1-5-18-12)14(7-16)13(10)6-11/h1-6,14H,7-9,16H2. The predicted molar refractivity (Wildman–Crippen MR) is 71.2 cm³/mol. The van der Waals surface area contributed by atoms with Gasteiger partial charge in [0.1, 0.15) is 5.76 Å². The summed E-state index contributed by atoms with van der Waals surface area (Å²) in [5.41, 5.74) is 8.46. The Hall–Kier alpha value is -1.29.